The Labute approximate surface area is 217 Å². The van der Waals surface area contributed by atoms with Gasteiger partial charge in [-0.15, -0.1) is 23.2 Å². The quantitative estimate of drug-likeness (QED) is 0.304. The number of benzene rings is 1. The van der Waals surface area contributed by atoms with E-state index < -0.39 is 24.1 Å². The van der Waals surface area contributed by atoms with Gasteiger partial charge in [-0.05, 0) is 75.3 Å². The Kier molecular flexibility index (Phi) is 11.0. The van der Waals surface area contributed by atoms with Crippen LogP contribution in [-0.2, 0) is 14.3 Å². The van der Waals surface area contributed by atoms with E-state index in [2.05, 4.69) is 17.1 Å². The van der Waals surface area contributed by atoms with Crippen LogP contribution in [0.4, 0.5) is 5.69 Å². The predicted octanol–water partition coefficient (Wildman–Crippen LogP) is 5.11. The molecule has 192 valence electrons. The number of nitrogens with zero attached hydrogens (tertiary/aromatic N) is 1. The molecular weight excluding hydrogens is 489 g/mol. The lowest BCUT2D eigenvalue weighted by Crippen LogP contribution is -2.28. The van der Waals surface area contributed by atoms with E-state index in [9.17, 15) is 14.7 Å². The summed E-state index contributed by atoms with van der Waals surface area (Å²) >= 11 is 11.8. The molecule has 0 saturated heterocycles. The lowest BCUT2D eigenvalue weighted by Gasteiger charge is -2.25. The van der Waals surface area contributed by atoms with Crippen LogP contribution in [0, 0.1) is 11.8 Å². The maximum Gasteiger partial charge on any atom is 0.338 e. The largest absolute Gasteiger partial charge is 0.460 e. The second-order valence-corrected chi connectivity index (χ2v) is 9.96. The summed E-state index contributed by atoms with van der Waals surface area (Å²) in [5, 5.41) is 10.4. The second-order valence-electron chi connectivity index (χ2n) is 9.20. The number of hydrogen-bond donors (Lipinski definition) is 1. The number of aliphatic hydroxyl groups excluding tert-OH is 1. The number of carbonyl (C=O) groups excluding carboxylic acids is 2. The van der Waals surface area contributed by atoms with E-state index in [1.807, 2.05) is 19.1 Å². The van der Waals surface area contributed by atoms with E-state index in [0.717, 1.165) is 24.9 Å². The fraction of sp³-hybridized carbons (Fsp3) is 0.556. The summed E-state index contributed by atoms with van der Waals surface area (Å²) in [6, 6.07) is 7.12. The number of ether oxygens (including phenoxy) is 2. The average molecular weight is 524 g/mol. The van der Waals surface area contributed by atoms with Crippen LogP contribution >= 0.6 is 23.2 Å². The highest BCUT2D eigenvalue weighted by molar-refractivity contribution is 6.18. The molecule has 1 aromatic rings. The lowest BCUT2D eigenvalue weighted by atomic mass is 9.89. The molecular formula is C27H35Cl2NO5. The Morgan fingerprint density at radius 2 is 1.86 bits per heavy atom. The fourth-order valence-corrected chi connectivity index (χ4v) is 5.19. The molecule has 1 N–H and O–H groups in total. The zero-order valence-corrected chi connectivity index (χ0v) is 21.7. The maximum absolute atomic E-state index is 13.1. The Hall–Kier alpha value is -2.02. The number of halogens is 2. The molecule has 35 heavy (non-hydrogen) atoms. The highest BCUT2D eigenvalue weighted by Crippen LogP contribution is 2.38. The van der Waals surface area contributed by atoms with Crippen LogP contribution in [0.3, 0.4) is 0 Å². The third-order valence-corrected chi connectivity index (χ3v) is 6.92. The first-order valence-corrected chi connectivity index (χ1v) is 13.4. The molecule has 8 heteroatoms. The average Bonchev–Trinajstić information content (AvgIpc) is 3.21. The van der Waals surface area contributed by atoms with Gasteiger partial charge in [-0.3, -0.25) is 0 Å². The van der Waals surface area contributed by atoms with Gasteiger partial charge in [-0.2, -0.15) is 0 Å². The van der Waals surface area contributed by atoms with Crippen LogP contribution in [0.15, 0.2) is 48.6 Å². The number of aliphatic hydroxyl groups is 1. The molecule has 0 aromatic heterocycles. The van der Waals surface area contributed by atoms with Crippen molar-refractivity contribution in [3.05, 3.63) is 54.1 Å². The summed E-state index contributed by atoms with van der Waals surface area (Å²) in [7, 11) is 0. The number of alkyl halides is 2. The smallest absolute Gasteiger partial charge is 0.338 e. The molecule has 3 rings (SSSR count). The van der Waals surface area contributed by atoms with E-state index in [4.69, 9.17) is 32.7 Å². The second kappa shape index (κ2) is 13.9. The van der Waals surface area contributed by atoms with Crippen molar-refractivity contribution in [2.45, 2.75) is 57.3 Å². The first kappa shape index (κ1) is 27.6. The highest BCUT2D eigenvalue weighted by Gasteiger charge is 2.38. The molecule has 1 aromatic carbocycles. The first-order valence-electron chi connectivity index (χ1n) is 12.3. The number of esters is 2. The van der Waals surface area contributed by atoms with Crippen molar-refractivity contribution in [1.82, 2.24) is 0 Å². The van der Waals surface area contributed by atoms with Crippen molar-refractivity contribution in [3.63, 3.8) is 0 Å². The topological polar surface area (TPSA) is 76.1 Å². The number of carbonyl (C=O) groups is 2. The minimum Gasteiger partial charge on any atom is -0.460 e. The van der Waals surface area contributed by atoms with Crippen molar-refractivity contribution in [2.24, 2.45) is 11.8 Å². The summed E-state index contributed by atoms with van der Waals surface area (Å²) in [5.74, 6) is -0.0675. The summed E-state index contributed by atoms with van der Waals surface area (Å²) < 4.78 is 11.4. The molecule has 1 saturated carbocycles. The van der Waals surface area contributed by atoms with Crippen molar-refractivity contribution >= 4 is 40.8 Å². The molecule has 0 spiro atoms. The van der Waals surface area contributed by atoms with Crippen LogP contribution in [0.25, 0.3) is 0 Å². The summed E-state index contributed by atoms with van der Waals surface area (Å²) in [6.45, 7) is 3.18. The van der Waals surface area contributed by atoms with E-state index >= 15 is 0 Å². The summed E-state index contributed by atoms with van der Waals surface area (Å²) in [4.78, 5) is 27.4. The lowest BCUT2D eigenvalue weighted by molar-refractivity contribution is -0.142. The minimum atomic E-state index is -0.665. The van der Waals surface area contributed by atoms with E-state index in [-0.39, 0.29) is 17.9 Å². The van der Waals surface area contributed by atoms with Gasteiger partial charge in [0.15, 0.2) is 0 Å². The fourth-order valence-electron chi connectivity index (χ4n) is 4.78. The number of allylic oxidation sites excluding steroid dienone is 2. The van der Waals surface area contributed by atoms with Crippen LogP contribution in [0.2, 0.25) is 0 Å². The summed E-state index contributed by atoms with van der Waals surface area (Å²) in [5.41, 5.74) is 1.33. The molecule has 0 bridgehead atoms. The van der Waals surface area contributed by atoms with Gasteiger partial charge in [0.05, 0.1) is 17.8 Å². The predicted molar refractivity (Wildman–Crippen MR) is 139 cm³/mol. The first-order chi connectivity index (χ1) is 16.9. The van der Waals surface area contributed by atoms with Gasteiger partial charge in [-0.25, -0.2) is 9.59 Å². The molecule has 1 aliphatic heterocycles. The van der Waals surface area contributed by atoms with Crippen molar-refractivity contribution in [2.75, 3.05) is 29.7 Å². The Morgan fingerprint density at radius 3 is 2.54 bits per heavy atom. The van der Waals surface area contributed by atoms with Gasteiger partial charge in [0.2, 0.25) is 0 Å². The zero-order chi connectivity index (χ0) is 25.2. The number of rotatable bonds is 7. The molecule has 1 fully saturated rings. The van der Waals surface area contributed by atoms with Crippen molar-refractivity contribution < 1.29 is 24.2 Å². The summed E-state index contributed by atoms with van der Waals surface area (Å²) in [6.07, 6.45) is 9.54. The van der Waals surface area contributed by atoms with Gasteiger partial charge < -0.3 is 19.5 Å². The monoisotopic (exact) mass is 523 g/mol. The number of fused-ring (bicyclic) bond motifs is 1. The van der Waals surface area contributed by atoms with Gasteiger partial charge in [0.1, 0.15) is 6.10 Å². The van der Waals surface area contributed by atoms with E-state index in [1.54, 1.807) is 18.2 Å². The van der Waals surface area contributed by atoms with Gasteiger partial charge in [-0.1, -0.05) is 12.2 Å². The molecule has 6 nitrogen and oxygen atoms in total. The van der Waals surface area contributed by atoms with Crippen molar-refractivity contribution in [1.29, 1.82) is 0 Å². The van der Waals surface area contributed by atoms with Gasteiger partial charge >= 0.3 is 11.9 Å². The minimum absolute atomic E-state index is 0.0590. The van der Waals surface area contributed by atoms with Crippen LogP contribution in [0.5, 0.6) is 0 Å². The molecule has 0 radical (unpaired) electrons. The molecule has 0 amide bonds. The van der Waals surface area contributed by atoms with E-state index in [1.165, 1.54) is 6.08 Å². The van der Waals surface area contributed by atoms with Gasteiger partial charge in [0.25, 0.3) is 0 Å². The number of hydrogen-bond acceptors (Lipinski definition) is 6. The molecule has 0 unspecified atom stereocenters. The third-order valence-electron chi connectivity index (χ3n) is 6.58. The Morgan fingerprint density at radius 1 is 1.14 bits per heavy atom. The number of cyclic esters (lactones) is 1. The maximum atomic E-state index is 13.1. The normalized spacial score (nSPS) is 29.0. The van der Waals surface area contributed by atoms with Crippen molar-refractivity contribution in [3.8, 4) is 0 Å². The molecule has 5 atom stereocenters. The van der Waals surface area contributed by atoms with Crippen LogP contribution in [0.1, 0.15) is 49.4 Å². The highest BCUT2D eigenvalue weighted by atomic mass is 35.5. The Balaban J connectivity index is 1.79. The third kappa shape index (κ3) is 8.26. The van der Waals surface area contributed by atoms with Crippen LogP contribution < -0.4 is 4.90 Å². The zero-order valence-electron chi connectivity index (χ0n) is 20.2. The van der Waals surface area contributed by atoms with E-state index in [0.29, 0.717) is 43.3 Å². The molecule has 1 heterocycles. The van der Waals surface area contributed by atoms with Gasteiger partial charge in [0, 0.05) is 42.5 Å². The number of anilines is 1. The molecule has 1 aliphatic carbocycles. The molecule has 2 aliphatic rings. The standard InChI is InChI=1S/C27H35Cl2NO5/c1-19-5-3-2-4-6-21-17-23(31)18-24(21)25(11-12-26(32)34-19)35-27(33)20-7-9-22(10-8-20)30(15-13-28)16-14-29/h4,6-12,19,21,23-25,31H,2-3,5,13-18H2,1H3/b6-4+,12-11+/t19-,21+,23-,24+,25+/m0/s1. The van der Waals surface area contributed by atoms with Crippen LogP contribution in [-0.4, -0.2) is 60.2 Å². The Bertz CT molecular complexity index is 882. The SMILES string of the molecule is C[C@H]1CCC/C=C/[C@@H]2C[C@H](O)C[C@H]2[C@H](OC(=O)c2ccc(N(CCCl)CCCl)cc2)/C=C/C(=O)O1.